The number of likely N-dealkylation sites (tertiary alicyclic amines) is 1. The zero-order valence-electron chi connectivity index (χ0n) is 14.3. The summed E-state index contributed by atoms with van der Waals surface area (Å²) >= 11 is 0. The summed E-state index contributed by atoms with van der Waals surface area (Å²) in [4.78, 5) is 2.26. The van der Waals surface area contributed by atoms with Crippen LogP contribution >= 0.6 is 0 Å². The number of ether oxygens (including phenoxy) is 1. The number of aryl methyl sites for hydroxylation is 3. The molecule has 2 heterocycles. The molecule has 1 N–H and O–H groups in total. The number of hydrogen-bond donors (Lipinski definition) is 1. The van der Waals surface area contributed by atoms with E-state index in [0.717, 1.165) is 35.7 Å². The molecular weight excluding hydrogens is 290 g/mol. The smallest absolute Gasteiger partial charge is 0.124 e. The van der Waals surface area contributed by atoms with E-state index in [1.807, 2.05) is 32.0 Å². The molecule has 0 bridgehead atoms. The van der Waals surface area contributed by atoms with Crippen LogP contribution in [0.25, 0.3) is 0 Å². The van der Waals surface area contributed by atoms with Gasteiger partial charge in [-0.25, -0.2) is 0 Å². The number of aliphatic hydroxyl groups excluding tert-OH is 1. The number of rotatable bonds is 5. The van der Waals surface area contributed by atoms with Gasteiger partial charge < -0.3 is 9.84 Å². The Morgan fingerprint density at radius 1 is 1.26 bits per heavy atom. The minimum absolute atomic E-state index is 0.412. The van der Waals surface area contributed by atoms with E-state index < -0.39 is 6.10 Å². The maximum Gasteiger partial charge on any atom is 0.124 e. The third kappa shape index (κ3) is 3.26. The van der Waals surface area contributed by atoms with E-state index in [2.05, 4.69) is 27.7 Å². The Hall–Kier alpha value is -1.85. The first kappa shape index (κ1) is 16.0. The number of aliphatic hydroxyl groups is 1. The molecule has 0 amide bonds. The maximum absolute atomic E-state index is 10.6. The highest BCUT2D eigenvalue weighted by Crippen LogP contribution is 2.30. The molecule has 5 nitrogen and oxygen atoms in total. The Kier molecular flexibility index (Phi) is 4.41. The van der Waals surface area contributed by atoms with Crippen molar-refractivity contribution in [1.29, 1.82) is 0 Å². The molecule has 1 atom stereocenters. The Balaban J connectivity index is 1.61. The van der Waals surface area contributed by atoms with Gasteiger partial charge in [0.2, 0.25) is 0 Å². The monoisotopic (exact) mass is 315 g/mol. The lowest BCUT2D eigenvalue weighted by molar-refractivity contribution is 0.0384. The molecule has 1 unspecified atom stereocenters. The molecule has 1 saturated heterocycles. The topological polar surface area (TPSA) is 50.5 Å². The minimum Gasteiger partial charge on any atom is -0.496 e. The van der Waals surface area contributed by atoms with E-state index in [1.165, 1.54) is 5.69 Å². The molecule has 0 radical (unpaired) electrons. The fourth-order valence-corrected chi connectivity index (χ4v) is 3.32. The van der Waals surface area contributed by atoms with Crippen LogP contribution in [0.1, 0.15) is 34.7 Å². The van der Waals surface area contributed by atoms with E-state index in [1.54, 1.807) is 7.11 Å². The van der Waals surface area contributed by atoms with Crippen molar-refractivity contribution in [2.24, 2.45) is 0 Å². The van der Waals surface area contributed by atoms with E-state index >= 15 is 0 Å². The van der Waals surface area contributed by atoms with Gasteiger partial charge in [0.25, 0.3) is 0 Å². The number of aromatic nitrogens is 2. The largest absolute Gasteiger partial charge is 0.496 e. The van der Waals surface area contributed by atoms with Gasteiger partial charge in [0.15, 0.2) is 0 Å². The van der Waals surface area contributed by atoms with Crippen LogP contribution in [0.15, 0.2) is 24.3 Å². The number of nitrogens with zero attached hydrogens (tertiary/aromatic N) is 3. The predicted octanol–water partition coefficient (Wildman–Crippen LogP) is 2.41. The molecule has 0 spiro atoms. The number of β-amino-alcohol motifs (C(OH)–C–C–N with tert-alkyl or cyclic N) is 1. The van der Waals surface area contributed by atoms with Crippen molar-refractivity contribution >= 4 is 0 Å². The van der Waals surface area contributed by atoms with Crippen molar-refractivity contribution in [2.75, 3.05) is 26.7 Å². The van der Waals surface area contributed by atoms with E-state index in [4.69, 9.17) is 4.74 Å². The molecule has 2 aromatic rings. The summed E-state index contributed by atoms with van der Waals surface area (Å²) in [6.07, 6.45) is -0.536. The second-order valence-electron chi connectivity index (χ2n) is 6.51. The van der Waals surface area contributed by atoms with Crippen molar-refractivity contribution in [3.63, 3.8) is 0 Å². The van der Waals surface area contributed by atoms with Crippen molar-refractivity contribution < 1.29 is 9.84 Å². The molecule has 0 aliphatic carbocycles. The van der Waals surface area contributed by atoms with Gasteiger partial charge >= 0.3 is 0 Å². The van der Waals surface area contributed by atoms with E-state index in [0.29, 0.717) is 12.6 Å². The van der Waals surface area contributed by atoms with Crippen molar-refractivity contribution in [1.82, 2.24) is 14.7 Å². The summed E-state index contributed by atoms with van der Waals surface area (Å²) in [5, 5.41) is 15.1. The summed E-state index contributed by atoms with van der Waals surface area (Å²) < 4.78 is 7.47. The molecule has 0 saturated carbocycles. The van der Waals surface area contributed by atoms with Crippen LogP contribution in [0.2, 0.25) is 0 Å². The Morgan fingerprint density at radius 2 is 2.00 bits per heavy atom. The van der Waals surface area contributed by atoms with Crippen LogP contribution in [0, 0.1) is 20.8 Å². The molecule has 1 aliphatic rings. The Bertz CT molecular complexity index is 690. The summed E-state index contributed by atoms with van der Waals surface area (Å²) in [7, 11) is 1.64. The van der Waals surface area contributed by atoms with E-state index in [9.17, 15) is 5.11 Å². The molecule has 124 valence electrons. The number of benzene rings is 1. The highest BCUT2D eigenvalue weighted by atomic mass is 16.5. The van der Waals surface area contributed by atoms with Crippen molar-refractivity contribution in [2.45, 2.75) is 32.9 Å². The van der Waals surface area contributed by atoms with Crippen LogP contribution in [-0.4, -0.2) is 46.5 Å². The lowest BCUT2D eigenvalue weighted by Gasteiger charge is -2.40. The zero-order chi connectivity index (χ0) is 16.6. The summed E-state index contributed by atoms with van der Waals surface area (Å²) in [5.41, 5.74) is 4.25. The molecule has 1 aliphatic heterocycles. The van der Waals surface area contributed by atoms with E-state index in [-0.39, 0.29) is 0 Å². The first-order chi connectivity index (χ1) is 11.0. The van der Waals surface area contributed by atoms with Gasteiger partial charge in [0.05, 0.1) is 24.9 Å². The normalized spacial score (nSPS) is 17.1. The lowest BCUT2D eigenvalue weighted by Crippen LogP contribution is -2.49. The Labute approximate surface area is 137 Å². The molecule has 1 fully saturated rings. The zero-order valence-corrected chi connectivity index (χ0v) is 14.3. The SMILES string of the molecule is COc1ccc(C)cc1C(O)CN1CC(n2nc(C)cc2C)C1. The number of hydrogen-bond acceptors (Lipinski definition) is 4. The highest BCUT2D eigenvalue weighted by molar-refractivity contribution is 5.38. The fraction of sp³-hybridized carbons (Fsp3) is 0.500. The summed E-state index contributed by atoms with van der Waals surface area (Å²) in [5.74, 6) is 0.749. The van der Waals surface area contributed by atoms with Crippen LogP contribution in [0.5, 0.6) is 5.75 Å². The first-order valence-corrected chi connectivity index (χ1v) is 8.05. The van der Waals surface area contributed by atoms with Gasteiger partial charge in [-0.15, -0.1) is 0 Å². The third-order valence-electron chi connectivity index (χ3n) is 4.50. The quantitative estimate of drug-likeness (QED) is 0.920. The van der Waals surface area contributed by atoms with Crippen LogP contribution in [-0.2, 0) is 0 Å². The standard InChI is InChI=1S/C18H25N3O2/c1-12-5-6-18(23-4)16(7-12)17(22)11-20-9-15(10-20)21-14(3)8-13(2)19-21/h5-8,15,17,22H,9-11H2,1-4H3. The molecule has 1 aromatic heterocycles. The van der Waals surface area contributed by atoms with Crippen LogP contribution in [0.3, 0.4) is 0 Å². The molecule has 5 heteroatoms. The third-order valence-corrected chi connectivity index (χ3v) is 4.50. The van der Waals surface area contributed by atoms with Gasteiger partial charge in [-0.2, -0.15) is 5.10 Å². The van der Waals surface area contributed by atoms with Crippen molar-refractivity contribution in [3.8, 4) is 5.75 Å². The van der Waals surface area contributed by atoms with Crippen LogP contribution in [0.4, 0.5) is 0 Å². The molecule has 1 aromatic carbocycles. The predicted molar refractivity (Wildman–Crippen MR) is 89.9 cm³/mol. The maximum atomic E-state index is 10.6. The summed E-state index contributed by atoms with van der Waals surface area (Å²) in [6.45, 7) is 8.61. The lowest BCUT2D eigenvalue weighted by atomic mass is 10.0. The minimum atomic E-state index is -0.536. The van der Waals surface area contributed by atoms with Crippen molar-refractivity contribution in [3.05, 3.63) is 46.8 Å². The van der Waals surface area contributed by atoms with Gasteiger partial charge in [-0.05, 0) is 39.0 Å². The fourth-order valence-electron chi connectivity index (χ4n) is 3.32. The van der Waals surface area contributed by atoms with Gasteiger partial charge in [-0.3, -0.25) is 9.58 Å². The molecule has 23 heavy (non-hydrogen) atoms. The summed E-state index contributed by atoms with van der Waals surface area (Å²) in [6, 6.07) is 8.44. The number of methoxy groups -OCH3 is 1. The average Bonchev–Trinajstić information content (AvgIpc) is 2.80. The van der Waals surface area contributed by atoms with Gasteiger partial charge in [0.1, 0.15) is 5.75 Å². The first-order valence-electron chi connectivity index (χ1n) is 8.05. The van der Waals surface area contributed by atoms with Gasteiger partial charge in [0, 0.05) is 30.9 Å². The average molecular weight is 315 g/mol. The molecule has 3 rings (SSSR count). The van der Waals surface area contributed by atoms with Crippen LogP contribution < -0.4 is 4.74 Å². The Morgan fingerprint density at radius 3 is 2.61 bits per heavy atom. The highest BCUT2D eigenvalue weighted by Gasteiger charge is 2.31. The second-order valence-corrected chi connectivity index (χ2v) is 6.51. The second kappa shape index (κ2) is 6.34. The van der Waals surface area contributed by atoms with Gasteiger partial charge in [-0.1, -0.05) is 11.6 Å². The molecular formula is C18H25N3O2.